The molecule has 0 radical (unpaired) electrons. The Hall–Kier alpha value is -3.94. The summed E-state index contributed by atoms with van der Waals surface area (Å²) in [4.78, 5) is 27.5. The highest BCUT2D eigenvalue weighted by molar-refractivity contribution is 5.93. The number of amides is 3. The molecule has 0 spiro atoms. The van der Waals surface area contributed by atoms with Gasteiger partial charge in [-0.1, -0.05) is 18.2 Å². The maximum absolute atomic E-state index is 13.4. The number of primary amides is 1. The van der Waals surface area contributed by atoms with E-state index in [4.69, 9.17) is 5.73 Å². The van der Waals surface area contributed by atoms with Crippen LogP contribution in [-0.2, 0) is 4.79 Å². The molecule has 164 valence electrons. The molecule has 1 fully saturated rings. The smallest absolute Gasteiger partial charge is 0.314 e. The van der Waals surface area contributed by atoms with Gasteiger partial charge < -0.3 is 15.5 Å². The number of nitrogens with two attached hydrogens (primary N) is 1. The van der Waals surface area contributed by atoms with Crippen LogP contribution in [-0.4, -0.2) is 57.7 Å². The van der Waals surface area contributed by atoms with Gasteiger partial charge in [-0.2, -0.15) is 5.10 Å². The molecule has 1 aliphatic heterocycles. The molecule has 8 heteroatoms. The van der Waals surface area contributed by atoms with Crippen LogP contribution >= 0.6 is 0 Å². The van der Waals surface area contributed by atoms with Gasteiger partial charge >= 0.3 is 6.03 Å². The zero-order valence-electron chi connectivity index (χ0n) is 17.5. The zero-order chi connectivity index (χ0) is 22.5. The minimum absolute atomic E-state index is 0.145. The van der Waals surface area contributed by atoms with Crippen molar-refractivity contribution in [3.8, 4) is 16.9 Å². The fraction of sp³-hybridized carbons (Fsp3) is 0.208. The van der Waals surface area contributed by atoms with Crippen LogP contribution in [0.2, 0.25) is 0 Å². The summed E-state index contributed by atoms with van der Waals surface area (Å²) in [5.41, 5.74) is 8.37. The van der Waals surface area contributed by atoms with Crippen LogP contribution in [0.25, 0.3) is 23.0 Å². The Bertz CT molecular complexity index is 1130. The molecule has 2 aromatic carbocycles. The van der Waals surface area contributed by atoms with Crippen molar-refractivity contribution in [3.05, 3.63) is 78.3 Å². The van der Waals surface area contributed by atoms with Gasteiger partial charge in [-0.15, -0.1) is 0 Å². The van der Waals surface area contributed by atoms with Crippen LogP contribution in [0.1, 0.15) is 12.0 Å². The lowest BCUT2D eigenvalue weighted by Gasteiger charge is -2.19. The highest BCUT2D eigenvalue weighted by Gasteiger charge is 2.19. The quantitative estimate of drug-likeness (QED) is 0.641. The molecule has 0 saturated carbocycles. The summed E-state index contributed by atoms with van der Waals surface area (Å²) in [7, 11) is 0. The maximum Gasteiger partial charge on any atom is 0.314 e. The van der Waals surface area contributed by atoms with E-state index < -0.39 is 6.03 Å². The molecule has 0 aliphatic carbocycles. The summed E-state index contributed by atoms with van der Waals surface area (Å²) in [6.45, 7) is 1.95. The lowest BCUT2D eigenvalue weighted by Crippen LogP contribution is -2.39. The van der Waals surface area contributed by atoms with Crippen LogP contribution in [0.3, 0.4) is 0 Å². The number of urea groups is 1. The van der Waals surface area contributed by atoms with Crippen LogP contribution in [0.15, 0.2) is 66.9 Å². The highest BCUT2D eigenvalue weighted by atomic mass is 19.1. The van der Waals surface area contributed by atoms with Crippen LogP contribution in [0.5, 0.6) is 0 Å². The Labute approximate surface area is 185 Å². The Kier molecular flexibility index (Phi) is 6.30. The first kappa shape index (κ1) is 21.3. The molecule has 1 aliphatic rings. The molecule has 7 nitrogen and oxygen atoms in total. The zero-order valence-corrected chi connectivity index (χ0v) is 17.5. The maximum atomic E-state index is 13.4. The van der Waals surface area contributed by atoms with Crippen LogP contribution in [0.4, 0.5) is 9.18 Å². The standard InChI is InChI=1S/C24H24FN5O2/c25-20-10-7-18(8-11-20)23-19(17-30(27-23)21-5-2-1-3-6-21)9-12-22(31)28-13-4-14-29(16-15-28)24(26)32/h1-3,5-12,17H,4,13-16H2,(H2,26,32). The summed E-state index contributed by atoms with van der Waals surface area (Å²) < 4.78 is 15.2. The van der Waals surface area contributed by atoms with Crippen molar-refractivity contribution in [1.82, 2.24) is 19.6 Å². The van der Waals surface area contributed by atoms with Crippen molar-refractivity contribution in [2.24, 2.45) is 5.73 Å². The lowest BCUT2D eigenvalue weighted by molar-refractivity contribution is -0.125. The monoisotopic (exact) mass is 433 g/mol. The number of benzene rings is 2. The molecule has 2 heterocycles. The van der Waals surface area contributed by atoms with E-state index in [1.165, 1.54) is 18.2 Å². The van der Waals surface area contributed by atoms with Crippen molar-refractivity contribution >= 4 is 18.0 Å². The fourth-order valence-corrected chi connectivity index (χ4v) is 3.68. The summed E-state index contributed by atoms with van der Waals surface area (Å²) in [5, 5.41) is 4.68. The summed E-state index contributed by atoms with van der Waals surface area (Å²) >= 11 is 0. The summed E-state index contributed by atoms with van der Waals surface area (Å²) in [6.07, 6.45) is 5.76. The van der Waals surface area contributed by atoms with Crippen molar-refractivity contribution in [2.75, 3.05) is 26.2 Å². The fourth-order valence-electron chi connectivity index (χ4n) is 3.68. The molecule has 1 aromatic heterocycles. The highest BCUT2D eigenvalue weighted by Crippen LogP contribution is 2.25. The topological polar surface area (TPSA) is 84.5 Å². The minimum Gasteiger partial charge on any atom is -0.351 e. The largest absolute Gasteiger partial charge is 0.351 e. The second-order valence-corrected chi connectivity index (χ2v) is 7.56. The Balaban J connectivity index is 1.59. The average Bonchev–Trinajstić information content (AvgIpc) is 3.06. The van der Waals surface area contributed by atoms with Gasteiger partial charge in [0.05, 0.1) is 11.4 Å². The summed E-state index contributed by atoms with van der Waals surface area (Å²) in [5.74, 6) is -0.469. The van der Waals surface area contributed by atoms with Crippen molar-refractivity contribution in [1.29, 1.82) is 0 Å². The van der Waals surface area contributed by atoms with Gasteiger partial charge in [0, 0.05) is 49.6 Å². The van der Waals surface area contributed by atoms with Crippen molar-refractivity contribution in [2.45, 2.75) is 6.42 Å². The Morgan fingerprint density at radius 1 is 0.938 bits per heavy atom. The SMILES string of the molecule is NC(=O)N1CCCN(C(=O)C=Cc2cn(-c3ccccc3)nc2-c2ccc(F)cc2)CC1. The minimum atomic E-state index is -0.466. The Morgan fingerprint density at radius 2 is 1.62 bits per heavy atom. The van der Waals surface area contributed by atoms with E-state index in [9.17, 15) is 14.0 Å². The molecule has 4 rings (SSSR count). The number of carbonyl (C=O) groups is 2. The van der Waals surface area contributed by atoms with Gasteiger partial charge in [0.2, 0.25) is 5.91 Å². The number of aromatic nitrogens is 2. The number of hydrogen-bond acceptors (Lipinski definition) is 3. The average molecular weight is 433 g/mol. The molecule has 0 unspecified atom stereocenters. The second-order valence-electron chi connectivity index (χ2n) is 7.56. The van der Waals surface area contributed by atoms with Crippen molar-refractivity contribution < 1.29 is 14.0 Å². The molecule has 0 atom stereocenters. The molecule has 3 aromatic rings. The predicted molar refractivity (Wildman–Crippen MR) is 120 cm³/mol. The third kappa shape index (κ3) is 4.85. The number of hydrogen-bond donors (Lipinski definition) is 1. The molecule has 32 heavy (non-hydrogen) atoms. The number of carbonyl (C=O) groups excluding carboxylic acids is 2. The number of nitrogens with zero attached hydrogens (tertiary/aromatic N) is 4. The van der Waals surface area contributed by atoms with Gasteiger partial charge in [0.25, 0.3) is 0 Å². The molecule has 3 amide bonds. The Morgan fingerprint density at radius 3 is 2.34 bits per heavy atom. The van der Waals surface area contributed by atoms with Gasteiger partial charge in [-0.05, 0) is 48.9 Å². The molecule has 0 bridgehead atoms. The van der Waals surface area contributed by atoms with Crippen LogP contribution in [0, 0.1) is 5.82 Å². The predicted octanol–water partition coefficient (Wildman–Crippen LogP) is 3.30. The number of para-hydroxylation sites is 1. The van der Waals surface area contributed by atoms with Crippen molar-refractivity contribution in [3.63, 3.8) is 0 Å². The molecule has 2 N–H and O–H groups in total. The molecular formula is C24H24FN5O2. The van der Waals surface area contributed by atoms with E-state index in [1.54, 1.807) is 32.7 Å². The van der Waals surface area contributed by atoms with Gasteiger partial charge in [0.1, 0.15) is 5.82 Å². The number of rotatable bonds is 4. The van der Waals surface area contributed by atoms with E-state index in [-0.39, 0.29) is 11.7 Å². The molecule has 1 saturated heterocycles. The van der Waals surface area contributed by atoms with Crippen LogP contribution < -0.4 is 5.73 Å². The van der Waals surface area contributed by atoms with Gasteiger partial charge in [-0.25, -0.2) is 13.9 Å². The van der Waals surface area contributed by atoms with E-state index in [0.717, 1.165) is 16.8 Å². The number of halogens is 1. The molecular weight excluding hydrogens is 409 g/mol. The van der Waals surface area contributed by atoms with Gasteiger partial charge in [-0.3, -0.25) is 4.79 Å². The van der Waals surface area contributed by atoms with E-state index in [0.29, 0.717) is 38.3 Å². The normalized spacial score (nSPS) is 14.5. The first-order chi connectivity index (χ1) is 15.5. The second kappa shape index (κ2) is 9.47. The first-order valence-electron chi connectivity index (χ1n) is 10.4. The van der Waals surface area contributed by atoms with E-state index >= 15 is 0 Å². The first-order valence-corrected chi connectivity index (χ1v) is 10.4. The van der Waals surface area contributed by atoms with E-state index in [2.05, 4.69) is 5.10 Å². The third-order valence-electron chi connectivity index (χ3n) is 5.41. The lowest BCUT2D eigenvalue weighted by atomic mass is 10.1. The van der Waals surface area contributed by atoms with Gasteiger partial charge in [0.15, 0.2) is 0 Å². The summed E-state index contributed by atoms with van der Waals surface area (Å²) in [6, 6.07) is 15.3. The third-order valence-corrected chi connectivity index (χ3v) is 5.41. The van der Waals surface area contributed by atoms with E-state index in [1.807, 2.05) is 36.5 Å².